The molecule has 0 spiro atoms. The molecule has 2 saturated carbocycles. The van der Waals surface area contributed by atoms with Crippen molar-refractivity contribution in [1.82, 2.24) is 5.32 Å². The average molecular weight is 272 g/mol. The van der Waals surface area contributed by atoms with E-state index in [1.807, 2.05) is 0 Å². The Labute approximate surface area is 123 Å². The van der Waals surface area contributed by atoms with Crippen molar-refractivity contribution in [3.05, 3.63) is 35.9 Å². The first-order valence-corrected chi connectivity index (χ1v) is 8.19. The fourth-order valence-corrected chi connectivity index (χ4v) is 3.38. The molecule has 0 amide bonds. The maximum Gasteiger partial charge on any atom is 0.0316 e. The van der Waals surface area contributed by atoms with E-state index >= 15 is 0 Å². The van der Waals surface area contributed by atoms with Crippen LogP contribution in [0.3, 0.4) is 0 Å². The maximum atomic E-state index is 6.06. The summed E-state index contributed by atoms with van der Waals surface area (Å²) in [5.41, 5.74) is 7.47. The zero-order valence-electron chi connectivity index (χ0n) is 12.6. The molecule has 1 unspecified atom stereocenters. The second-order valence-electron chi connectivity index (χ2n) is 7.15. The molecule has 110 valence electrons. The van der Waals surface area contributed by atoms with Gasteiger partial charge in [0, 0.05) is 12.1 Å². The molecule has 0 aromatic heterocycles. The number of nitrogens with one attached hydrogen (secondary N) is 1. The predicted octanol–water partition coefficient (Wildman–Crippen LogP) is 2.97. The van der Waals surface area contributed by atoms with Gasteiger partial charge in [-0.3, -0.25) is 0 Å². The van der Waals surface area contributed by atoms with Gasteiger partial charge in [-0.25, -0.2) is 0 Å². The Bertz CT molecular complexity index is 410. The third kappa shape index (κ3) is 3.62. The summed E-state index contributed by atoms with van der Waals surface area (Å²) in [7, 11) is 0. The maximum absolute atomic E-state index is 6.06. The molecule has 0 bridgehead atoms. The Morgan fingerprint density at radius 2 is 1.75 bits per heavy atom. The molecule has 3 rings (SSSR count). The largest absolute Gasteiger partial charge is 0.329 e. The van der Waals surface area contributed by atoms with Gasteiger partial charge in [0.05, 0.1) is 0 Å². The molecule has 0 heterocycles. The van der Waals surface area contributed by atoms with Gasteiger partial charge in [0.15, 0.2) is 0 Å². The van der Waals surface area contributed by atoms with Crippen LogP contribution in [0.15, 0.2) is 30.3 Å². The van der Waals surface area contributed by atoms with Crippen LogP contribution in [0, 0.1) is 17.8 Å². The highest BCUT2D eigenvalue weighted by Crippen LogP contribution is 2.48. The van der Waals surface area contributed by atoms with E-state index in [0.717, 1.165) is 30.7 Å². The highest BCUT2D eigenvalue weighted by Gasteiger charge is 2.41. The molecule has 3 N–H and O–H groups in total. The molecule has 0 saturated heterocycles. The summed E-state index contributed by atoms with van der Waals surface area (Å²) in [6.07, 6.45) is 6.86. The van der Waals surface area contributed by atoms with E-state index in [4.69, 9.17) is 5.73 Å². The van der Waals surface area contributed by atoms with E-state index in [-0.39, 0.29) is 5.54 Å². The lowest BCUT2D eigenvalue weighted by molar-refractivity contribution is 0.294. The normalized spacial score (nSPS) is 21.9. The lowest BCUT2D eigenvalue weighted by Crippen LogP contribution is -2.52. The molecular formula is C18H28N2. The Hall–Kier alpha value is -0.860. The van der Waals surface area contributed by atoms with Crippen LogP contribution in [0.25, 0.3) is 0 Å². The van der Waals surface area contributed by atoms with Crippen molar-refractivity contribution < 1.29 is 0 Å². The summed E-state index contributed by atoms with van der Waals surface area (Å²) >= 11 is 0. The highest BCUT2D eigenvalue weighted by atomic mass is 15.0. The SMILES string of the molecule is CC(CN)(Cc1ccccc1)NCC(C1CC1)C1CC1. The van der Waals surface area contributed by atoms with Gasteiger partial charge in [-0.05, 0) is 68.9 Å². The van der Waals surface area contributed by atoms with Crippen LogP contribution >= 0.6 is 0 Å². The Balaban J connectivity index is 1.57. The van der Waals surface area contributed by atoms with Gasteiger partial charge < -0.3 is 11.1 Å². The number of rotatable bonds is 8. The summed E-state index contributed by atoms with van der Waals surface area (Å²) in [5.74, 6) is 2.93. The third-order valence-corrected chi connectivity index (χ3v) is 5.11. The van der Waals surface area contributed by atoms with Gasteiger partial charge in [-0.15, -0.1) is 0 Å². The van der Waals surface area contributed by atoms with Crippen molar-refractivity contribution in [2.45, 2.75) is 44.6 Å². The van der Waals surface area contributed by atoms with Crippen LogP contribution in [-0.4, -0.2) is 18.6 Å². The highest BCUT2D eigenvalue weighted by molar-refractivity contribution is 5.18. The van der Waals surface area contributed by atoms with Crippen molar-refractivity contribution in [1.29, 1.82) is 0 Å². The van der Waals surface area contributed by atoms with Gasteiger partial charge in [0.1, 0.15) is 0 Å². The molecule has 0 aliphatic heterocycles. The van der Waals surface area contributed by atoms with Gasteiger partial charge in [-0.2, -0.15) is 0 Å². The van der Waals surface area contributed by atoms with E-state index in [1.54, 1.807) is 0 Å². The summed E-state index contributed by atoms with van der Waals surface area (Å²) in [6, 6.07) is 10.7. The number of hydrogen-bond acceptors (Lipinski definition) is 2. The zero-order chi connectivity index (χ0) is 14.0. The minimum atomic E-state index is 0.0311. The van der Waals surface area contributed by atoms with E-state index < -0.39 is 0 Å². The van der Waals surface area contributed by atoms with Gasteiger partial charge in [0.25, 0.3) is 0 Å². The monoisotopic (exact) mass is 272 g/mol. The first kappa shape index (κ1) is 14.1. The lowest BCUT2D eigenvalue weighted by atomic mass is 9.90. The predicted molar refractivity (Wildman–Crippen MR) is 84.5 cm³/mol. The average Bonchev–Trinajstić information content (AvgIpc) is 3.34. The van der Waals surface area contributed by atoms with Crippen LogP contribution < -0.4 is 11.1 Å². The van der Waals surface area contributed by atoms with E-state index in [1.165, 1.54) is 31.2 Å². The Morgan fingerprint density at radius 3 is 2.25 bits per heavy atom. The molecule has 1 aromatic carbocycles. The molecule has 2 fully saturated rings. The number of hydrogen-bond donors (Lipinski definition) is 2. The molecule has 1 aromatic rings. The van der Waals surface area contributed by atoms with Crippen molar-refractivity contribution in [2.24, 2.45) is 23.5 Å². The van der Waals surface area contributed by atoms with Crippen LogP contribution in [0.2, 0.25) is 0 Å². The van der Waals surface area contributed by atoms with Crippen molar-refractivity contribution in [3.63, 3.8) is 0 Å². The topological polar surface area (TPSA) is 38.0 Å². The second-order valence-corrected chi connectivity index (χ2v) is 7.15. The fourth-order valence-electron chi connectivity index (χ4n) is 3.38. The summed E-state index contributed by atoms with van der Waals surface area (Å²) in [6.45, 7) is 4.14. The zero-order valence-corrected chi connectivity index (χ0v) is 12.6. The molecule has 2 aliphatic carbocycles. The third-order valence-electron chi connectivity index (χ3n) is 5.11. The standard InChI is InChI=1S/C18H28N2/c1-18(13-19,11-14-5-3-2-4-6-14)20-12-17(15-7-8-15)16-9-10-16/h2-6,15-17,20H,7-13,19H2,1H3. The lowest BCUT2D eigenvalue weighted by Gasteiger charge is -2.32. The molecular weight excluding hydrogens is 244 g/mol. The number of nitrogens with two attached hydrogens (primary N) is 1. The van der Waals surface area contributed by atoms with E-state index in [2.05, 4.69) is 42.6 Å². The Morgan fingerprint density at radius 1 is 1.15 bits per heavy atom. The summed E-state index contributed by atoms with van der Waals surface area (Å²) in [5, 5.41) is 3.81. The minimum Gasteiger partial charge on any atom is -0.329 e. The van der Waals surface area contributed by atoms with Gasteiger partial charge in [0.2, 0.25) is 0 Å². The quantitative estimate of drug-likeness (QED) is 0.763. The van der Waals surface area contributed by atoms with E-state index in [0.29, 0.717) is 6.54 Å². The first-order valence-electron chi connectivity index (χ1n) is 8.19. The fraction of sp³-hybridized carbons (Fsp3) is 0.667. The number of benzene rings is 1. The molecule has 2 aliphatic rings. The molecule has 2 heteroatoms. The first-order chi connectivity index (χ1) is 9.70. The van der Waals surface area contributed by atoms with Crippen LogP contribution in [0.5, 0.6) is 0 Å². The van der Waals surface area contributed by atoms with Crippen LogP contribution in [0.4, 0.5) is 0 Å². The minimum absolute atomic E-state index is 0.0311. The molecule has 0 radical (unpaired) electrons. The van der Waals surface area contributed by atoms with Gasteiger partial charge >= 0.3 is 0 Å². The van der Waals surface area contributed by atoms with Crippen molar-refractivity contribution >= 4 is 0 Å². The molecule has 2 nitrogen and oxygen atoms in total. The Kier molecular flexibility index (Phi) is 4.13. The van der Waals surface area contributed by atoms with Crippen molar-refractivity contribution in [2.75, 3.05) is 13.1 Å². The summed E-state index contributed by atoms with van der Waals surface area (Å²) in [4.78, 5) is 0. The van der Waals surface area contributed by atoms with E-state index in [9.17, 15) is 0 Å². The van der Waals surface area contributed by atoms with Crippen LogP contribution in [-0.2, 0) is 6.42 Å². The van der Waals surface area contributed by atoms with Gasteiger partial charge in [-0.1, -0.05) is 30.3 Å². The van der Waals surface area contributed by atoms with Crippen molar-refractivity contribution in [3.8, 4) is 0 Å². The molecule has 20 heavy (non-hydrogen) atoms. The van der Waals surface area contributed by atoms with Crippen LogP contribution in [0.1, 0.15) is 38.2 Å². The summed E-state index contributed by atoms with van der Waals surface area (Å²) < 4.78 is 0. The smallest absolute Gasteiger partial charge is 0.0316 e. The molecule has 1 atom stereocenters. The second kappa shape index (κ2) is 5.87.